The average molecular weight is 281 g/mol. The van der Waals surface area contributed by atoms with Crippen LogP contribution in [0.4, 0.5) is 5.69 Å². The lowest BCUT2D eigenvalue weighted by Crippen LogP contribution is -1.95. The van der Waals surface area contributed by atoms with Crippen molar-refractivity contribution in [2.24, 2.45) is 5.73 Å². The zero-order valence-electron chi connectivity index (χ0n) is 10.5. The summed E-state index contributed by atoms with van der Waals surface area (Å²) in [5, 5.41) is 0. The van der Waals surface area contributed by atoms with E-state index in [1.807, 2.05) is 24.3 Å². The number of aromatic nitrogens is 3. The van der Waals surface area contributed by atoms with Gasteiger partial charge in [0.25, 0.3) is 0 Å². The minimum atomic E-state index is 0.449. The third kappa shape index (κ3) is 1.90. The second-order valence-corrected chi connectivity index (χ2v) is 4.71. The average Bonchev–Trinajstić information content (AvgIpc) is 2.87. The number of benzene rings is 1. The van der Waals surface area contributed by atoms with Crippen LogP contribution in [-0.4, -0.2) is 15.0 Å². The van der Waals surface area contributed by atoms with E-state index in [4.69, 9.17) is 24.5 Å². The van der Waals surface area contributed by atoms with Gasteiger partial charge in [-0.25, -0.2) is 9.83 Å². The predicted octanol–water partition coefficient (Wildman–Crippen LogP) is 3.30. The fourth-order valence-corrected chi connectivity index (χ4v) is 2.39. The number of aromatic amines is 2. The second-order valence-electron chi connectivity index (χ2n) is 4.32. The summed E-state index contributed by atoms with van der Waals surface area (Å²) < 4.78 is 0.449. The van der Waals surface area contributed by atoms with Gasteiger partial charge in [0.1, 0.15) is 0 Å². The molecule has 4 N–H and O–H groups in total. The third-order valence-electron chi connectivity index (χ3n) is 3.14. The maximum absolute atomic E-state index is 7.41. The Labute approximate surface area is 120 Å². The molecule has 0 spiro atoms. The van der Waals surface area contributed by atoms with Gasteiger partial charge in [0.2, 0.25) is 5.69 Å². The number of nitrogens with one attached hydrogen (secondary N) is 2. The van der Waals surface area contributed by atoms with Crippen molar-refractivity contribution < 1.29 is 0 Å². The number of H-pyrrole nitrogens is 2. The molecule has 0 radical (unpaired) electrons. The number of fused-ring (bicyclic) bond motifs is 1. The second kappa shape index (κ2) is 4.89. The summed E-state index contributed by atoms with van der Waals surface area (Å²) in [6.45, 7) is 7.87. The molecular weight excluding hydrogens is 270 g/mol. The van der Waals surface area contributed by atoms with Crippen molar-refractivity contribution in [1.82, 2.24) is 15.0 Å². The van der Waals surface area contributed by atoms with Crippen LogP contribution in [0.3, 0.4) is 0 Å². The van der Waals surface area contributed by atoms with Gasteiger partial charge in [-0.1, -0.05) is 30.4 Å². The molecule has 98 valence electrons. The minimum Gasteiger partial charge on any atom is -0.361 e. The van der Waals surface area contributed by atoms with E-state index in [-0.39, 0.29) is 0 Å². The Bertz CT molecular complexity index is 884. The van der Waals surface area contributed by atoms with Crippen LogP contribution < -0.4 is 5.73 Å². The Morgan fingerprint density at radius 2 is 2.20 bits per heavy atom. The SMILES string of the molecule is [C-]#[N+]c1c(-c2cccc(CN)c2)[nH]c2c(=S)nc[nH]c12. The first-order chi connectivity index (χ1) is 9.74. The van der Waals surface area contributed by atoms with Crippen LogP contribution in [0.5, 0.6) is 0 Å². The Balaban J connectivity index is 2.34. The van der Waals surface area contributed by atoms with Gasteiger partial charge in [0, 0.05) is 6.54 Å². The normalized spacial score (nSPS) is 10.6. The van der Waals surface area contributed by atoms with Crippen LogP contribution in [0.1, 0.15) is 5.56 Å². The molecule has 3 rings (SSSR count). The molecule has 0 saturated heterocycles. The van der Waals surface area contributed by atoms with Gasteiger partial charge in [-0.05, 0) is 17.2 Å². The molecule has 0 bridgehead atoms. The van der Waals surface area contributed by atoms with Gasteiger partial charge in [-0.15, -0.1) is 0 Å². The molecule has 3 aromatic rings. The fraction of sp³-hybridized carbons (Fsp3) is 0.0714. The Hall–Kier alpha value is -2.49. The van der Waals surface area contributed by atoms with E-state index in [9.17, 15) is 0 Å². The lowest BCUT2D eigenvalue weighted by molar-refractivity contribution is 1.07. The summed E-state index contributed by atoms with van der Waals surface area (Å²) in [4.78, 5) is 13.8. The molecule has 0 unspecified atom stereocenters. The summed E-state index contributed by atoms with van der Waals surface area (Å²) in [7, 11) is 0. The first kappa shape index (κ1) is 12.5. The minimum absolute atomic E-state index is 0.449. The van der Waals surface area contributed by atoms with Gasteiger partial charge < -0.3 is 15.7 Å². The van der Waals surface area contributed by atoms with Crippen molar-refractivity contribution in [1.29, 1.82) is 0 Å². The van der Waals surface area contributed by atoms with Gasteiger partial charge in [0.15, 0.2) is 4.64 Å². The van der Waals surface area contributed by atoms with E-state index < -0.39 is 0 Å². The third-order valence-corrected chi connectivity index (χ3v) is 3.45. The van der Waals surface area contributed by atoms with Crippen molar-refractivity contribution >= 4 is 28.9 Å². The van der Waals surface area contributed by atoms with Crippen molar-refractivity contribution in [2.75, 3.05) is 0 Å². The molecular formula is C14H11N5S. The van der Waals surface area contributed by atoms with Crippen LogP contribution in [-0.2, 0) is 6.54 Å². The molecule has 6 heteroatoms. The largest absolute Gasteiger partial charge is 0.361 e. The van der Waals surface area contributed by atoms with Gasteiger partial charge in [-0.3, -0.25) is 0 Å². The first-order valence-corrected chi connectivity index (χ1v) is 6.41. The summed E-state index contributed by atoms with van der Waals surface area (Å²) in [5.74, 6) is 0. The number of hydrogen-bond donors (Lipinski definition) is 3. The van der Waals surface area contributed by atoms with Crippen molar-refractivity contribution in [3.8, 4) is 11.3 Å². The number of rotatable bonds is 2. The van der Waals surface area contributed by atoms with E-state index in [1.165, 1.54) is 6.33 Å². The highest BCUT2D eigenvalue weighted by Crippen LogP contribution is 2.36. The topological polar surface area (TPSA) is 74.8 Å². The Kier molecular flexibility index (Phi) is 3.06. The van der Waals surface area contributed by atoms with Crippen LogP contribution >= 0.6 is 12.2 Å². The smallest absolute Gasteiger partial charge is 0.235 e. The maximum Gasteiger partial charge on any atom is 0.235 e. The molecule has 5 nitrogen and oxygen atoms in total. The van der Waals surface area contributed by atoms with Crippen LogP contribution in [0, 0.1) is 11.2 Å². The highest BCUT2D eigenvalue weighted by molar-refractivity contribution is 7.71. The van der Waals surface area contributed by atoms with Crippen molar-refractivity contribution in [2.45, 2.75) is 6.54 Å². The predicted molar refractivity (Wildman–Crippen MR) is 80.9 cm³/mol. The molecule has 2 heterocycles. The lowest BCUT2D eigenvalue weighted by atomic mass is 10.1. The monoisotopic (exact) mass is 281 g/mol. The Morgan fingerprint density at radius 3 is 2.95 bits per heavy atom. The summed E-state index contributed by atoms with van der Waals surface area (Å²) >= 11 is 5.19. The van der Waals surface area contributed by atoms with Crippen LogP contribution in [0.15, 0.2) is 30.6 Å². The summed E-state index contributed by atoms with van der Waals surface area (Å²) in [6, 6.07) is 7.79. The van der Waals surface area contributed by atoms with Crippen LogP contribution in [0.25, 0.3) is 27.1 Å². The van der Waals surface area contributed by atoms with E-state index in [0.717, 1.165) is 16.8 Å². The lowest BCUT2D eigenvalue weighted by Gasteiger charge is -2.02. The highest BCUT2D eigenvalue weighted by atomic mass is 32.1. The first-order valence-electron chi connectivity index (χ1n) is 6.00. The molecule has 0 aliphatic heterocycles. The molecule has 2 aromatic heterocycles. The van der Waals surface area contributed by atoms with Crippen molar-refractivity contribution in [3.63, 3.8) is 0 Å². The number of nitrogens with zero attached hydrogens (tertiary/aromatic N) is 2. The number of nitrogens with two attached hydrogens (primary N) is 1. The summed E-state index contributed by atoms with van der Waals surface area (Å²) in [5.41, 5.74) is 10.2. The van der Waals surface area contributed by atoms with E-state index in [2.05, 4.69) is 19.8 Å². The maximum atomic E-state index is 7.41. The molecule has 0 fully saturated rings. The zero-order valence-corrected chi connectivity index (χ0v) is 11.3. The number of hydrogen-bond acceptors (Lipinski definition) is 3. The fourth-order valence-electron chi connectivity index (χ4n) is 2.19. The quantitative estimate of drug-likeness (QED) is 0.498. The molecule has 0 aliphatic carbocycles. The molecule has 20 heavy (non-hydrogen) atoms. The molecule has 0 amide bonds. The summed E-state index contributed by atoms with van der Waals surface area (Å²) in [6.07, 6.45) is 1.51. The van der Waals surface area contributed by atoms with Crippen molar-refractivity contribution in [3.05, 3.63) is 52.2 Å². The van der Waals surface area contributed by atoms with Gasteiger partial charge >= 0.3 is 0 Å². The zero-order chi connectivity index (χ0) is 14.1. The van der Waals surface area contributed by atoms with Crippen LogP contribution in [0.2, 0.25) is 0 Å². The molecule has 0 saturated carbocycles. The molecule has 0 atom stereocenters. The highest BCUT2D eigenvalue weighted by Gasteiger charge is 2.14. The van der Waals surface area contributed by atoms with Gasteiger partial charge in [-0.2, -0.15) is 0 Å². The van der Waals surface area contributed by atoms with E-state index in [1.54, 1.807) is 0 Å². The molecule has 0 aliphatic rings. The molecule has 1 aromatic carbocycles. The van der Waals surface area contributed by atoms with E-state index >= 15 is 0 Å². The Morgan fingerprint density at radius 1 is 1.35 bits per heavy atom. The van der Waals surface area contributed by atoms with Gasteiger partial charge in [0.05, 0.1) is 29.6 Å². The van der Waals surface area contributed by atoms with E-state index in [0.29, 0.717) is 27.9 Å². The standard InChI is InChI=1S/C14H11N5S/c1-16-11-10(9-4-2-3-8(5-9)6-15)19-13-12(11)17-7-18-14(13)20/h2-5,7,19H,6,15H2,(H,17,18,20).